The number of nitrogens with zero attached hydrogens (tertiary/aromatic N) is 6. The normalized spacial score (nSPS) is 19.3. The Morgan fingerprint density at radius 3 is 2.46 bits per heavy atom. The van der Waals surface area contributed by atoms with Crippen LogP contribution < -0.4 is 9.64 Å². The Kier molecular flexibility index (Phi) is 9.51. The Morgan fingerprint density at radius 2 is 1.79 bits per heavy atom. The molecular weight excluding hydrogens is 632 g/mol. The van der Waals surface area contributed by atoms with Gasteiger partial charge < -0.3 is 28.7 Å². The monoisotopic (exact) mass is 682 g/mol. The molecule has 48 heavy (non-hydrogen) atoms. The van der Waals surface area contributed by atoms with E-state index in [4.69, 9.17) is 24.0 Å². The topological polar surface area (TPSA) is 104 Å². The molecule has 1 saturated carbocycles. The van der Waals surface area contributed by atoms with Crippen molar-refractivity contribution in [3.05, 3.63) is 30.6 Å². The molecule has 3 aromatic rings. The van der Waals surface area contributed by atoms with Crippen LogP contribution in [0.2, 0.25) is 25.7 Å². The van der Waals surface area contributed by atoms with Gasteiger partial charge in [-0.25, -0.2) is 23.8 Å². The lowest BCUT2D eigenvalue weighted by Gasteiger charge is -2.42. The molecule has 4 heterocycles. The number of piperidine rings is 1. The molecule has 11 nitrogen and oxygen atoms in total. The quantitative estimate of drug-likeness (QED) is 0.153. The number of benzene rings is 1. The molecule has 1 aliphatic carbocycles. The number of ether oxygens (including phenoxy) is 4. The summed E-state index contributed by atoms with van der Waals surface area (Å²) in [7, 11) is -1.23. The lowest BCUT2D eigenvalue weighted by molar-refractivity contribution is -0.0634. The average molecular weight is 683 g/mol. The SMILES string of the molecule is CC(C)(C)OC(=O)N1CCC(F)(COC2CN(c3cc(-c4c5cc(OC6(C)CC6)ccc5nn4COCC[Si](C)(C)C)ncn3)C2)CC1. The molecule has 1 amide bonds. The van der Waals surface area contributed by atoms with Crippen molar-refractivity contribution in [3.63, 3.8) is 0 Å². The van der Waals surface area contributed by atoms with Gasteiger partial charge in [0.2, 0.25) is 0 Å². The predicted molar refractivity (Wildman–Crippen MR) is 186 cm³/mol. The molecule has 2 aromatic heterocycles. The number of anilines is 1. The summed E-state index contributed by atoms with van der Waals surface area (Å²) < 4.78 is 41.4. The third-order valence-electron chi connectivity index (χ3n) is 9.19. The maximum Gasteiger partial charge on any atom is 0.410 e. The lowest BCUT2D eigenvalue weighted by Crippen LogP contribution is -2.55. The highest BCUT2D eigenvalue weighted by Crippen LogP contribution is 2.41. The van der Waals surface area contributed by atoms with E-state index >= 15 is 4.39 Å². The maximum atomic E-state index is 15.6. The smallest absolute Gasteiger partial charge is 0.410 e. The second-order valence-corrected chi connectivity index (χ2v) is 21.8. The fraction of sp³-hybridized carbons (Fsp3) is 0.657. The van der Waals surface area contributed by atoms with Gasteiger partial charge in [0.1, 0.15) is 41.5 Å². The van der Waals surface area contributed by atoms with Crippen LogP contribution in [0.3, 0.4) is 0 Å². The van der Waals surface area contributed by atoms with Gasteiger partial charge in [-0.3, -0.25) is 0 Å². The zero-order valence-corrected chi connectivity index (χ0v) is 30.6. The van der Waals surface area contributed by atoms with Gasteiger partial charge in [0.25, 0.3) is 0 Å². The van der Waals surface area contributed by atoms with Gasteiger partial charge in [0, 0.05) is 65.2 Å². The number of fused-ring (bicyclic) bond motifs is 1. The van der Waals surface area contributed by atoms with Crippen LogP contribution in [0.1, 0.15) is 53.4 Å². The average Bonchev–Trinajstić information content (AvgIpc) is 3.59. The van der Waals surface area contributed by atoms with Crippen molar-refractivity contribution in [1.82, 2.24) is 24.6 Å². The highest BCUT2D eigenvalue weighted by Gasteiger charge is 2.41. The molecule has 262 valence electrons. The molecule has 0 spiro atoms. The number of amides is 1. The first-order valence-corrected chi connectivity index (χ1v) is 20.9. The summed E-state index contributed by atoms with van der Waals surface area (Å²) in [5, 5.41) is 5.84. The maximum absolute atomic E-state index is 15.6. The summed E-state index contributed by atoms with van der Waals surface area (Å²) in [6, 6.07) is 9.08. The highest BCUT2D eigenvalue weighted by molar-refractivity contribution is 6.76. The van der Waals surface area contributed by atoms with Crippen LogP contribution in [0.5, 0.6) is 5.75 Å². The van der Waals surface area contributed by atoms with Crippen molar-refractivity contribution in [2.24, 2.45) is 0 Å². The van der Waals surface area contributed by atoms with Gasteiger partial charge in [-0.15, -0.1) is 0 Å². The Morgan fingerprint density at radius 1 is 1.06 bits per heavy atom. The summed E-state index contributed by atoms with van der Waals surface area (Å²) in [6.07, 6.45) is 3.65. The first-order chi connectivity index (χ1) is 22.6. The number of alkyl halides is 1. The molecule has 0 unspecified atom stereocenters. The number of aromatic nitrogens is 4. The molecule has 0 radical (unpaired) electrons. The summed E-state index contributed by atoms with van der Waals surface area (Å²) in [5.74, 6) is 1.60. The second-order valence-electron chi connectivity index (χ2n) is 16.1. The van der Waals surface area contributed by atoms with Gasteiger partial charge >= 0.3 is 6.09 Å². The number of hydrogen-bond acceptors (Lipinski definition) is 9. The number of hydrogen-bond donors (Lipinski definition) is 0. The minimum Gasteiger partial charge on any atom is -0.488 e. The van der Waals surface area contributed by atoms with E-state index in [2.05, 4.69) is 47.5 Å². The summed E-state index contributed by atoms with van der Waals surface area (Å²) in [5.41, 5.74) is 0.321. The van der Waals surface area contributed by atoms with Crippen LogP contribution in [0.25, 0.3) is 22.3 Å². The number of carbonyl (C=O) groups excluding carboxylic acids is 1. The van der Waals surface area contributed by atoms with Crippen molar-refractivity contribution in [2.45, 2.75) is 109 Å². The standard InChI is InChI=1S/C35H51FN6O5Si/c1-33(2,3)47-32(43)40-14-12-35(36,13-15-40)22-45-26-20-41(21-26)30-19-29(37-23-38-30)31-27-18-25(46-34(4)10-11-34)8-9-28(27)39-42(31)24-44-16-17-48(5,6)7/h8-9,18-19,23,26H,10-17,20-22,24H2,1-7H3. The third-order valence-corrected chi connectivity index (χ3v) is 10.9. The van der Waals surface area contributed by atoms with Crippen molar-refractivity contribution >= 4 is 30.9 Å². The molecule has 0 atom stereocenters. The van der Waals surface area contributed by atoms with Crippen molar-refractivity contribution in [3.8, 4) is 17.1 Å². The van der Waals surface area contributed by atoms with Crippen molar-refractivity contribution in [2.75, 3.05) is 44.3 Å². The number of carbonyl (C=O) groups is 1. The van der Waals surface area contributed by atoms with E-state index in [1.165, 1.54) is 0 Å². The lowest BCUT2D eigenvalue weighted by atomic mass is 9.94. The van der Waals surface area contributed by atoms with E-state index in [0.29, 0.717) is 39.5 Å². The molecule has 13 heteroatoms. The van der Waals surface area contributed by atoms with Crippen LogP contribution in [0.15, 0.2) is 30.6 Å². The molecule has 1 aromatic carbocycles. The van der Waals surface area contributed by atoms with Gasteiger partial charge in [-0.1, -0.05) is 19.6 Å². The first-order valence-electron chi connectivity index (χ1n) is 17.2. The molecular formula is C35H51FN6O5Si. The van der Waals surface area contributed by atoms with Crippen molar-refractivity contribution < 1.29 is 28.1 Å². The van der Waals surface area contributed by atoms with Crippen LogP contribution >= 0.6 is 0 Å². The number of rotatable bonds is 12. The van der Waals surface area contributed by atoms with Crippen LogP contribution in [-0.4, -0.2) is 101 Å². The Bertz CT molecular complexity index is 1600. The van der Waals surface area contributed by atoms with Gasteiger partial charge in [-0.05, 0) is 64.8 Å². The minimum atomic E-state index is -1.46. The molecule has 0 bridgehead atoms. The molecule has 2 aliphatic heterocycles. The Balaban J connectivity index is 1.10. The molecule has 2 saturated heterocycles. The number of likely N-dealkylation sites (tertiary alicyclic amines) is 1. The van der Waals surface area contributed by atoms with E-state index in [-0.39, 0.29) is 31.2 Å². The summed E-state index contributed by atoms with van der Waals surface area (Å²) >= 11 is 0. The van der Waals surface area contributed by atoms with Crippen LogP contribution in [0.4, 0.5) is 15.0 Å². The molecule has 6 rings (SSSR count). The number of halogens is 1. The zero-order valence-electron chi connectivity index (χ0n) is 29.6. The van der Waals surface area contributed by atoms with Gasteiger partial charge in [0.15, 0.2) is 0 Å². The summed E-state index contributed by atoms with van der Waals surface area (Å²) in [4.78, 5) is 25.3. The van der Waals surface area contributed by atoms with Crippen LogP contribution in [-0.2, 0) is 20.9 Å². The third kappa shape index (κ3) is 8.64. The fourth-order valence-electron chi connectivity index (χ4n) is 5.84. The van der Waals surface area contributed by atoms with Crippen molar-refractivity contribution in [1.29, 1.82) is 0 Å². The van der Waals surface area contributed by atoms with E-state index in [1.807, 2.05) is 43.7 Å². The molecule has 0 N–H and O–H groups in total. The van der Waals surface area contributed by atoms with E-state index in [9.17, 15) is 4.79 Å². The predicted octanol–water partition coefficient (Wildman–Crippen LogP) is 6.68. The highest BCUT2D eigenvalue weighted by atomic mass is 28.3. The first kappa shape index (κ1) is 34.6. The second kappa shape index (κ2) is 13.2. The van der Waals surface area contributed by atoms with Gasteiger partial charge in [-0.2, -0.15) is 5.10 Å². The van der Waals surface area contributed by atoms with E-state index < -0.39 is 25.4 Å². The fourth-order valence-corrected chi connectivity index (χ4v) is 6.60. The van der Waals surface area contributed by atoms with E-state index in [1.54, 1.807) is 11.2 Å². The van der Waals surface area contributed by atoms with E-state index in [0.717, 1.165) is 52.7 Å². The largest absolute Gasteiger partial charge is 0.488 e. The molecule has 3 aliphatic rings. The van der Waals surface area contributed by atoms with Crippen LogP contribution in [0, 0.1) is 0 Å². The zero-order chi connectivity index (χ0) is 34.3. The Labute approximate surface area is 284 Å². The van der Waals surface area contributed by atoms with Gasteiger partial charge in [0.05, 0.1) is 29.6 Å². The summed E-state index contributed by atoms with van der Waals surface area (Å²) in [6.45, 7) is 17.5. The minimum absolute atomic E-state index is 0.00894. The molecule has 3 fully saturated rings. The Hall–Kier alpha value is -3.29.